The molecule has 2 rings (SSSR count). The summed E-state index contributed by atoms with van der Waals surface area (Å²) in [5.41, 5.74) is 1.46. The van der Waals surface area contributed by atoms with Crippen molar-refractivity contribution < 1.29 is 9.72 Å². The van der Waals surface area contributed by atoms with Gasteiger partial charge in [-0.2, -0.15) is 5.26 Å². The van der Waals surface area contributed by atoms with Gasteiger partial charge in [0.15, 0.2) is 0 Å². The van der Waals surface area contributed by atoms with Gasteiger partial charge in [0.1, 0.15) is 0 Å². The monoisotopic (exact) mass is 324 g/mol. The van der Waals surface area contributed by atoms with E-state index in [0.29, 0.717) is 16.8 Å². The minimum Gasteiger partial charge on any atom is -0.332 e. The molecule has 0 aliphatic heterocycles. The lowest BCUT2D eigenvalue weighted by molar-refractivity contribution is -0.385. The van der Waals surface area contributed by atoms with Crippen LogP contribution in [0.4, 0.5) is 5.69 Å². The molecule has 2 aromatic rings. The van der Waals surface area contributed by atoms with Crippen molar-refractivity contribution in [3.05, 3.63) is 69.5 Å². The number of nitro benzene ring substituents is 1. The summed E-state index contributed by atoms with van der Waals surface area (Å²) in [7, 11) is 0. The van der Waals surface area contributed by atoms with E-state index >= 15 is 0 Å². The largest absolute Gasteiger partial charge is 0.332 e. The smallest absolute Gasteiger partial charge is 0.272 e. The topological polar surface area (TPSA) is 100 Å². The number of nitriles is 1. The van der Waals surface area contributed by atoms with Gasteiger partial charge in [0.25, 0.3) is 11.6 Å². The maximum absolute atomic E-state index is 12.7. The fourth-order valence-electron chi connectivity index (χ4n) is 2.30. The number of aryl methyl sites for hydroxylation is 1. The van der Waals surface area contributed by atoms with Crippen LogP contribution in [0.5, 0.6) is 0 Å². The highest BCUT2D eigenvalue weighted by atomic mass is 16.6. The Morgan fingerprint density at radius 1 is 1.38 bits per heavy atom. The summed E-state index contributed by atoms with van der Waals surface area (Å²) < 4.78 is 0. The molecule has 0 aliphatic carbocycles. The van der Waals surface area contributed by atoms with Crippen molar-refractivity contribution in [2.75, 3.05) is 6.54 Å². The number of hydrogen-bond acceptors (Lipinski definition) is 5. The van der Waals surface area contributed by atoms with Gasteiger partial charge in [0, 0.05) is 29.9 Å². The molecule has 1 amide bonds. The lowest BCUT2D eigenvalue weighted by atomic mass is 10.1. The number of carbonyl (C=O) groups excluding carboxylic acids is 1. The lowest BCUT2D eigenvalue weighted by Crippen LogP contribution is -2.31. The number of benzene rings is 1. The molecule has 7 nitrogen and oxygen atoms in total. The van der Waals surface area contributed by atoms with Crippen LogP contribution in [0.25, 0.3) is 0 Å². The van der Waals surface area contributed by atoms with Gasteiger partial charge in [0.2, 0.25) is 0 Å². The Hall–Kier alpha value is -3.27. The van der Waals surface area contributed by atoms with Crippen molar-refractivity contribution in [2.24, 2.45) is 0 Å². The summed E-state index contributed by atoms with van der Waals surface area (Å²) in [6, 6.07) is 11.7. The van der Waals surface area contributed by atoms with Crippen molar-refractivity contribution in [2.45, 2.75) is 19.9 Å². The molecule has 0 saturated carbocycles. The summed E-state index contributed by atoms with van der Waals surface area (Å²) in [5.74, 6) is -0.283. The molecule has 24 heavy (non-hydrogen) atoms. The molecule has 0 radical (unpaired) electrons. The quantitative estimate of drug-likeness (QED) is 0.601. The summed E-state index contributed by atoms with van der Waals surface area (Å²) in [6.07, 6.45) is 1.84. The third kappa shape index (κ3) is 4.14. The molecular formula is C17H16N4O3. The zero-order chi connectivity index (χ0) is 17.5. The summed E-state index contributed by atoms with van der Waals surface area (Å²) in [4.78, 5) is 28.8. The Morgan fingerprint density at radius 2 is 2.17 bits per heavy atom. The van der Waals surface area contributed by atoms with E-state index in [9.17, 15) is 14.9 Å². The van der Waals surface area contributed by atoms with E-state index in [1.54, 1.807) is 25.3 Å². The Balaban J connectivity index is 2.25. The van der Waals surface area contributed by atoms with Gasteiger partial charge in [-0.25, -0.2) is 0 Å². The maximum Gasteiger partial charge on any atom is 0.272 e. The first kappa shape index (κ1) is 17.1. The summed E-state index contributed by atoms with van der Waals surface area (Å²) in [6.45, 7) is 2.13. The predicted octanol–water partition coefficient (Wildman–Crippen LogP) is 2.85. The first-order valence-corrected chi connectivity index (χ1v) is 7.34. The second-order valence-corrected chi connectivity index (χ2v) is 5.21. The van der Waals surface area contributed by atoms with Gasteiger partial charge in [-0.3, -0.25) is 19.9 Å². The normalized spacial score (nSPS) is 10.0. The zero-order valence-corrected chi connectivity index (χ0v) is 13.2. The highest BCUT2D eigenvalue weighted by Crippen LogP contribution is 2.20. The molecule has 0 unspecified atom stereocenters. The minimum atomic E-state index is -0.481. The molecule has 0 atom stereocenters. The van der Waals surface area contributed by atoms with Gasteiger partial charge in [-0.15, -0.1) is 0 Å². The van der Waals surface area contributed by atoms with Crippen LogP contribution in [0.3, 0.4) is 0 Å². The first-order valence-electron chi connectivity index (χ1n) is 7.34. The fourth-order valence-corrected chi connectivity index (χ4v) is 2.30. The van der Waals surface area contributed by atoms with Crippen LogP contribution in [0, 0.1) is 28.4 Å². The number of nitro groups is 1. The molecule has 0 saturated heterocycles. The summed E-state index contributed by atoms with van der Waals surface area (Å²) >= 11 is 0. The van der Waals surface area contributed by atoms with Crippen LogP contribution >= 0.6 is 0 Å². The van der Waals surface area contributed by atoms with Crippen LogP contribution in [-0.2, 0) is 6.54 Å². The number of rotatable bonds is 6. The average molecular weight is 324 g/mol. The van der Waals surface area contributed by atoms with Gasteiger partial charge >= 0.3 is 0 Å². The molecule has 0 spiro atoms. The summed E-state index contributed by atoms with van der Waals surface area (Å²) in [5, 5.41) is 19.7. The van der Waals surface area contributed by atoms with Crippen molar-refractivity contribution >= 4 is 11.6 Å². The minimum absolute atomic E-state index is 0.0279. The third-order valence-corrected chi connectivity index (χ3v) is 3.50. The zero-order valence-electron chi connectivity index (χ0n) is 13.2. The molecule has 1 heterocycles. The number of carbonyl (C=O) groups is 1. The number of pyridine rings is 1. The van der Waals surface area contributed by atoms with Gasteiger partial charge in [-0.1, -0.05) is 6.07 Å². The van der Waals surface area contributed by atoms with E-state index in [2.05, 4.69) is 4.98 Å². The van der Waals surface area contributed by atoms with E-state index in [1.165, 1.54) is 23.1 Å². The van der Waals surface area contributed by atoms with Crippen LogP contribution < -0.4 is 0 Å². The molecule has 1 aromatic heterocycles. The molecule has 0 bridgehead atoms. The van der Waals surface area contributed by atoms with Crippen LogP contribution in [0.2, 0.25) is 0 Å². The molecule has 0 N–H and O–H groups in total. The Bertz CT molecular complexity index is 784. The number of aromatic nitrogens is 1. The highest BCUT2D eigenvalue weighted by Gasteiger charge is 2.19. The van der Waals surface area contributed by atoms with Crippen molar-refractivity contribution in [1.29, 1.82) is 5.26 Å². The molecule has 0 fully saturated rings. The second kappa shape index (κ2) is 7.83. The average Bonchev–Trinajstić information content (AvgIpc) is 2.58. The van der Waals surface area contributed by atoms with E-state index in [0.717, 1.165) is 0 Å². The number of hydrogen-bond donors (Lipinski definition) is 0. The van der Waals surface area contributed by atoms with E-state index < -0.39 is 4.92 Å². The first-order chi connectivity index (χ1) is 11.5. The Labute approximate surface area is 139 Å². The molecule has 0 aliphatic rings. The van der Waals surface area contributed by atoms with Crippen LogP contribution in [-0.4, -0.2) is 27.3 Å². The SMILES string of the molecule is Cc1cc(C(=O)N(CCC#N)Cc2ccccn2)ccc1[N+](=O)[O-]. The van der Waals surface area contributed by atoms with Gasteiger partial charge in [-0.05, 0) is 31.2 Å². The Morgan fingerprint density at radius 3 is 2.75 bits per heavy atom. The predicted molar refractivity (Wildman–Crippen MR) is 87.0 cm³/mol. The van der Waals surface area contributed by atoms with Crippen molar-refractivity contribution in [3.63, 3.8) is 0 Å². The highest BCUT2D eigenvalue weighted by molar-refractivity contribution is 5.94. The van der Waals surface area contributed by atoms with Crippen LogP contribution in [0.1, 0.15) is 28.0 Å². The Kier molecular flexibility index (Phi) is 5.58. The van der Waals surface area contributed by atoms with E-state index in [-0.39, 0.29) is 31.1 Å². The molecular weight excluding hydrogens is 308 g/mol. The number of amides is 1. The molecule has 7 heteroatoms. The van der Waals surface area contributed by atoms with Gasteiger partial charge in [0.05, 0.1) is 29.7 Å². The number of nitrogens with zero attached hydrogens (tertiary/aromatic N) is 4. The standard InChI is InChI=1S/C17H16N4O3/c1-13-11-14(6-7-16(13)21(23)24)17(22)20(10-4-8-18)12-15-5-2-3-9-19-15/h2-3,5-7,9,11H,4,10,12H2,1H3. The molecule has 1 aromatic carbocycles. The van der Waals surface area contributed by atoms with Crippen molar-refractivity contribution in [1.82, 2.24) is 9.88 Å². The maximum atomic E-state index is 12.7. The van der Waals surface area contributed by atoms with E-state index in [4.69, 9.17) is 5.26 Å². The van der Waals surface area contributed by atoms with Gasteiger partial charge < -0.3 is 4.90 Å². The lowest BCUT2D eigenvalue weighted by Gasteiger charge is -2.21. The second-order valence-electron chi connectivity index (χ2n) is 5.21. The fraction of sp³-hybridized carbons (Fsp3) is 0.235. The molecule has 122 valence electrons. The van der Waals surface area contributed by atoms with Crippen LogP contribution in [0.15, 0.2) is 42.6 Å². The van der Waals surface area contributed by atoms with E-state index in [1.807, 2.05) is 12.1 Å². The third-order valence-electron chi connectivity index (χ3n) is 3.50. The van der Waals surface area contributed by atoms with Crippen molar-refractivity contribution in [3.8, 4) is 6.07 Å².